The Hall–Kier alpha value is -0.980. The predicted octanol–water partition coefficient (Wildman–Crippen LogP) is 4.44. The van der Waals surface area contributed by atoms with Crippen LogP contribution in [0, 0.1) is 56.7 Å². The SMILES string of the molecule is C[C@@H]1CC[C@]2(C)CC[C@]3(C)[C@H](CC[C@@H]4[C@@]5(C)CC(O)C(=O)C(CO)(C(=O)O)C5CC[C@]43C)[C@@H]2[C@]1(C)O. The molecule has 0 amide bonds. The number of aliphatic hydroxyl groups excluding tert-OH is 2. The van der Waals surface area contributed by atoms with Gasteiger partial charge in [0.05, 0.1) is 12.2 Å². The summed E-state index contributed by atoms with van der Waals surface area (Å²) < 4.78 is 0. The van der Waals surface area contributed by atoms with Gasteiger partial charge in [-0.2, -0.15) is 0 Å². The van der Waals surface area contributed by atoms with Crippen LogP contribution in [0.25, 0.3) is 0 Å². The summed E-state index contributed by atoms with van der Waals surface area (Å²) in [6, 6.07) is 0. The van der Waals surface area contributed by atoms with Crippen LogP contribution in [0.4, 0.5) is 0 Å². The van der Waals surface area contributed by atoms with Crippen molar-refractivity contribution in [1.29, 1.82) is 0 Å². The fourth-order valence-corrected chi connectivity index (χ4v) is 11.7. The molecule has 12 atom stereocenters. The number of hydrogen-bond donors (Lipinski definition) is 4. The van der Waals surface area contributed by atoms with Gasteiger partial charge in [0.25, 0.3) is 0 Å². The minimum absolute atomic E-state index is 0.0212. The average molecular weight is 505 g/mol. The van der Waals surface area contributed by atoms with Crippen LogP contribution in [-0.4, -0.2) is 50.5 Å². The topological polar surface area (TPSA) is 115 Å². The van der Waals surface area contributed by atoms with E-state index in [0.717, 1.165) is 44.9 Å². The van der Waals surface area contributed by atoms with Crippen molar-refractivity contribution in [3.63, 3.8) is 0 Å². The van der Waals surface area contributed by atoms with Gasteiger partial charge in [0.1, 0.15) is 6.10 Å². The molecule has 0 bridgehead atoms. The molecule has 0 aromatic rings. The lowest BCUT2D eigenvalue weighted by Gasteiger charge is -2.74. The number of carbonyl (C=O) groups is 2. The Balaban J connectivity index is 1.59. The van der Waals surface area contributed by atoms with Crippen molar-refractivity contribution in [2.24, 2.45) is 56.7 Å². The van der Waals surface area contributed by atoms with Crippen LogP contribution in [-0.2, 0) is 9.59 Å². The maximum absolute atomic E-state index is 13.1. The number of carboxylic acids is 1. The molecule has 0 aromatic heterocycles. The zero-order chi connectivity index (χ0) is 26.7. The molecule has 0 saturated heterocycles. The molecular formula is C30H48O6. The fraction of sp³-hybridized carbons (Fsp3) is 0.933. The van der Waals surface area contributed by atoms with Crippen LogP contribution in [0.15, 0.2) is 0 Å². The van der Waals surface area contributed by atoms with E-state index in [9.17, 15) is 30.0 Å². The van der Waals surface area contributed by atoms with Crippen LogP contribution >= 0.6 is 0 Å². The first kappa shape index (κ1) is 26.6. The highest BCUT2D eigenvalue weighted by Gasteiger charge is 2.74. The largest absolute Gasteiger partial charge is 0.480 e. The van der Waals surface area contributed by atoms with Crippen molar-refractivity contribution >= 4 is 11.8 Å². The third-order valence-electron chi connectivity index (χ3n) is 13.9. The Morgan fingerprint density at radius 1 is 0.917 bits per heavy atom. The first-order chi connectivity index (χ1) is 16.6. The number of fused-ring (bicyclic) bond motifs is 7. The first-order valence-electron chi connectivity index (χ1n) is 14.4. The molecule has 6 nitrogen and oxygen atoms in total. The van der Waals surface area contributed by atoms with E-state index in [1.165, 1.54) is 0 Å². The van der Waals surface area contributed by atoms with Crippen molar-refractivity contribution in [2.75, 3.05) is 6.61 Å². The Bertz CT molecular complexity index is 956. The minimum atomic E-state index is -1.93. The Kier molecular flexibility index (Phi) is 5.76. The zero-order valence-corrected chi connectivity index (χ0v) is 23.1. The third kappa shape index (κ3) is 2.90. The summed E-state index contributed by atoms with van der Waals surface area (Å²) in [5, 5.41) is 43.4. The van der Waals surface area contributed by atoms with Gasteiger partial charge in [-0.3, -0.25) is 9.59 Å². The summed E-state index contributed by atoms with van der Waals surface area (Å²) in [6.45, 7) is 12.8. The highest BCUT2D eigenvalue weighted by Crippen LogP contribution is 2.77. The minimum Gasteiger partial charge on any atom is -0.480 e. The second-order valence-electron chi connectivity index (χ2n) is 15.0. The number of aliphatic carboxylic acids is 1. The molecule has 6 heteroatoms. The highest BCUT2D eigenvalue weighted by atomic mass is 16.4. The monoisotopic (exact) mass is 504 g/mol. The number of carboxylic acid groups (broad SMARTS) is 1. The Morgan fingerprint density at radius 3 is 2.19 bits per heavy atom. The molecular weight excluding hydrogens is 456 g/mol. The van der Waals surface area contributed by atoms with Gasteiger partial charge in [0.15, 0.2) is 11.2 Å². The Morgan fingerprint density at radius 2 is 1.58 bits per heavy atom. The number of aliphatic hydroxyl groups is 3. The van der Waals surface area contributed by atoms with E-state index in [0.29, 0.717) is 12.3 Å². The smallest absolute Gasteiger partial charge is 0.320 e. The normalized spacial score (nSPS) is 58.8. The van der Waals surface area contributed by atoms with Crippen molar-refractivity contribution in [3.8, 4) is 0 Å². The number of rotatable bonds is 2. The lowest BCUT2D eigenvalue weighted by molar-refractivity contribution is -0.273. The van der Waals surface area contributed by atoms with Gasteiger partial charge >= 0.3 is 5.97 Å². The molecule has 0 aliphatic heterocycles. The second-order valence-corrected chi connectivity index (χ2v) is 15.0. The Labute approximate surface area is 216 Å². The highest BCUT2D eigenvalue weighted by molar-refractivity contribution is 6.06. The molecule has 0 radical (unpaired) electrons. The summed E-state index contributed by atoms with van der Waals surface area (Å²) >= 11 is 0. The van der Waals surface area contributed by atoms with Crippen molar-refractivity contribution in [1.82, 2.24) is 0 Å². The van der Waals surface area contributed by atoms with Crippen molar-refractivity contribution in [2.45, 2.75) is 111 Å². The quantitative estimate of drug-likeness (QED) is 0.414. The number of carbonyl (C=O) groups excluding carboxylic acids is 1. The predicted molar refractivity (Wildman–Crippen MR) is 136 cm³/mol. The summed E-state index contributed by atoms with van der Waals surface area (Å²) in [6.07, 6.45) is 6.56. The molecule has 0 heterocycles. The van der Waals surface area contributed by atoms with Crippen LogP contribution in [0.5, 0.6) is 0 Å². The van der Waals surface area contributed by atoms with Gasteiger partial charge in [0.2, 0.25) is 0 Å². The molecule has 0 spiro atoms. The van der Waals surface area contributed by atoms with Crippen molar-refractivity contribution in [3.05, 3.63) is 0 Å². The molecule has 4 N–H and O–H groups in total. The maximum Gasteiger partial charge on any atom is 0.320 e. The van der Waals surface area contributed by atoms with E-state index in [4.69, 9.17) is 0 Å². The van der Waals surface area contributed by atoms with Gasteiger partial charge in [-0.25, -0.2) is 0 Å². The summed E-state index contributed by atoms with van der Waals surface area (Å²) in [4.78, 5) is 25.7. The van der Waals surface area contributed by atoms with E-state index in [1.807, 2.05) is 0 Å². The fourth-order valence-electron chi connectivity index (χ4n) is 11.7. The summed E-state index contributed by atoms with van der Waals surface area (Å²) in [5.74, 6) is -1.49. The van der Waals surface area contributed by atoms with Crippen molar-refractivity contribution < 1.29 is 30.0 Å². The van der Waals surface area contributed by atoms with Gasteiger partial charge in [-0.15, -0.1) is 0 Å². The molecule has 5 saturated carbocycles. The lowest BCUT2D eigenvalue weighted by atomic mass is 9.31. The average Bonchev–Trinajstić information content (AvgIpc) is 2.79. The number of hydrogen-bond acceptors (Lipinski definition) is 5. The molecule has 36 heavy (non-hydrogen) atoms. The van der Waals surface area contributed by atoms with E-state index >= 15 is 0 Å². The van der Waals surface area contributed by atoms with Crippen LogP contribution in [0.1, 0.15) is 99.3 Å². The van der Waals surface area contributed by atoms with Crippen LogP contribution in [0.2, 0.25) is 0 Å². The summed E-state index contributed by atoms with van der Waals surface area (Å²) in [5.41, 5.74) is -3.19. The van der Waals surface area contributed by atoms with E-state index in [-0.39, 0.29) is 40.4 Å². The molecule has 204 valence electrons. The van der Waals surface area contributed by atoms with Gasteiger partial charge in [0, 0.05) is 0 Å². The first-order valence-corrected chi connectivity index (χ1v) is 14.4. The molecule has 5 fully saturated rings. The number of ketones is 1. The maximum atomic E-state index is 13.1. The van der Waals surface area contributed by atoms with E-state index in [1.54, 1.807) is 0 Å². The van der Waals surface area contributed by atoms with Gasteiger partial charge < -0.3 is 20.4 Å². The van der Waals surface area contributed by atoms with Gasteiger partial charge in [-0.1, -0.05) is 34.6 Å². The number of Topliss-reactive ketones (excluding diaryl/α,β-unsaturated/α-hetero) is 1. The van der Waals surface area contributed by atoms with Crippen LogP contribution < -0.4 is 0 Å². The molecule has 5 aliphatic carbocycles. The third-order valence-corrected chi connectivity index (χ3v) is 13.9. The standard InChI is InChI=1S/C30H48O6/c1-17-9-11-25(2)13-14-27(4)18(22(25)29(17,6)36)7-8-20-26(3)15-19(32)23(33)30(16-31,24(34)35)21(26)10-12-28(20,27)5/h17-22,31-32,36H,7-16H2,1-6H3,(H,34,35)/t17-,18-,19?,20-,21?,22+,25-,26-,27-,28-,29-,30?/m1/s1. The van der Waals surface area contributed by atoms with E-state index < -0.39 is 46.8 Å². The molecule has 5 rings (SSSR count). The summed E-state index contributed by atoms with van der Waals surface area (Å²) in [7, 11) is 0. The van der Waals surface area contributed by atoms with E-state index in [2.05, 4.69) is 41.5 Å². The molecule has 0 aromatic carbocycles. The lowest BCUT2D eigenvalue weighted by Crippen LogP contribution is -2.71. The second kappa shape index (κ2) is 7.79. The molecule has 3 unspecified atom stereocenters. The van der Waals surface area contributed by atoms with Gasteiger partial charge in [-0.05, 0) is 116 Å². The van der Waals surface area contributed by atoms with Crippen LogP contribution in [0.3, 0.4) is 0 Å². The molecule has 5 aliphatic rings. The zero-order valence-electron chi connectivity index (χ0n) is 23.1.